The summed E-state index contributed by atoms with van der Waals surface area (Å²) in [5.74, 6) is 1.17. The molecule has 2 N–H and O–H groups in total. The maximum Gasteiger partial charge on any atom is 0.138 e. The van der Waals surface area contributed by atoms with Crippen LogP contribution in [0.15, 0.2) is 36.4 Å². The van der Waals surface area contributed by atoms with E-state index in [0.29, 0.717) is 34.6 Å². The number of β-amino-alcohol motifs (C(OH)–C–C–N with tert-alkyl or cyclic N) is 2. The fraction of sp³-hybridized carbons (Fsp3) is 0.500. The van der Waals surface area contributed by atoms with Crippen molar-refractivity contribution in [3.8, 4) is 11.5 Å². The van der Waals surface area contributed by atoms with Crippen LogP contribution in [-0.4, -0.2) is 84.7 Å². The Kier molecular flexibility index (Phi) is 9.46. The van der Waals surface area contributed by atoms with Crippen LogP contribution >= 0.6 is 23.2 Å². The molecule has 2 atom stereocenters. The van der Waals surface area contributed by atoms with E-state index < -0.39 is 12.2 Å². The molecule has 32 heavy (non-hydrogen) atoms. The molecule has 2 aromatic carbocycles. The molecule has 1 heterocycles. The van der Waals surface area contributed by atoms with E-state index in [9.17, 15) is 10.2 Å². The van der Waals surface area contributed by atoms with Crippen molar-refractivity contribution in [2.75, 3.05) is 52.5 Å². The highest BCUT2D eigenvalue weighted by atomic mass is 35.5. The molecule has 1 aliphatic rings. The maximum absolute atomic E-state index is 10.3. The van der Waals surface area contributed by atoms with Crippen LogP contribution in [-0.2, 0) is 0 Å². The zero-order chi connectivity index (χ0) is 23.1. The first-order chi connectivity index (χ1) is 15.3. The van der Waals surface area contributed by atoms with Gasteiger partial charge < -0.3 is 19.7 Å². The lowest BCUT2D eigenvalue weighted by Gasteiger charge is -2.36. The van der Waals surface area contributed by atoms with Crippen molar-refractivity contribution in [3.05, 3.63) is 57.6 Å². The van der Waals surface area contributed by atoms with E-state index in [0.717, 1.165) is 37.3 Å². The number of nitrogens with zero attached hydrogens (tertiary/aromatic N) is 2. The van der Waals surface area contributed by atoms with Gasteiger partial charge in [0.05, 0.1) is 10.0 Å². The van der Waals surface area contributed by atoms with Crippen molar-refractivity contribution in [2.24, 2.45) is 0 Å². The van der Waals surface area contributed by atoms with E-state index in [1.54, 1.807) is 0 Å². The van der Waals surface area contributed by atoms with Gasteiger partial charge in [-0.15, -0.1) is 0 Å². The van der Waals surface area contributed by atoms with E-state index >= 15 is 0 Å². The topological polar surface area (TPSA) is 65.4 Å². The van der Waals surface area contributed by atoms with Gasteiger partial charge >= 0.3 is 0 Å². The van der Waals surface area contributed by atoms with E-state index in [-0.39, 0.29) is 13.2 Å². The molecule has 0 aromatic heterocycles. The van der Waals surface area contributed by atoms with Crippen LogP contribution < -0.4 is 9.47 Å². The first kappa shape index (κ1) is 25.1. The molecular weight excluding hydrogens is 451 g/mol. The van der Waals surface area contributed by atoms with Crippen LogP contribution in [0, 0.1) is 13.8 Å². The minimum Gasteiger partial charge on any atom is -0.489 e. The predicted molar refractivity (Wildman–Crippen MR) is 128 cm³/mol. The van der Waals surface area contributed by atoms with Gasteiger partial charge in [0.1, 0.15) is 36.9 Å². The van der Waals surface area contributed by atoms with Crippen LogP contribution in [0.4, 0.5) is 0 Å². The molecule has 0 amide bonds. The largest absolute Gasteiger partial charge is 0.489 e. The lowest BCUT2D eigenvalue weighted by Crippen LogP contribution is -2.51. The van der Waals surface area contributed by atoms with Gasteiger partial charge in [0.15, 0.2) is 0 Å². The second kappa shape index (κ2) is 12.1. The molecule has 176 valence electrons. The van der Waals surface area contributed by atoms with Gasteiger partial charge in [0.2, 0.25) is 0 Å². The lowest BCUT2D eigenvalue weighted by atomic mass is 10.2. The molecule has 6 nitrogen and oxygen atoms in total. The van der Waals surface area contributed by atoms with Crippen molar-refractivity contribution >= 4 is 23.2 Å². The van der Waals surface area contributed by atoms with E-state index in [4.69, 9.17) is 32.7 Å². The standard InChI is InChI=1S/C24H32Cl2N2O4/c1-17-3-5-23(21(25)11-17)31-15-19(29)13-27-7-9-28(10-8-27)14-20(30)16-32-24-6-4-18(2)12-22(24)26/h3-6,11-12,19-20,29-30H,7-10,13-16H2,1-2H3/t19-,20-/m0/s1. The minimum atomic E-state index is -0.600. The van der Waals surface area contributed by atoms with Crippen molar-refractivity contribution in [3.63, 3.8) is 0 Å². The lowest BCUT2D eigenvalue weighted by molar-refractivity contribution is 0.0241. The number of aliphatic hydroxyl groups is 2. The fourth-order valence-corrected chi connectivity index (χ4v) is 4.25. The highest BCUT2D eigenvalue weighted by molar-refractivity contribution is 6.32. The average molecular weight is 483 g/mol. The van der Waals surface area contributed by atoms with Crippen LogP contribution in [0.3, 0.4) is 0 Å². The molecule has 0 aliphatic carbocycles. The van der Waals surface area contributed by atoms with Crippen LogP contribution in [0.1, 0.15) is 11.1 Å². The van der Waals surface area contributed by atoms with Gasteiger partial charge in [-0.3, -0.25) is 9.80 Å². The van der Waals surface area contributed by atoms with Crippen LogP contribution in [0.5, 0.6) is 11.5 Å². The van der Waals surface area contributed by atoms with Gasteiger partial charge in [-0.25, -0.2) is 0 Å². The van der Waals surface area contributed by atoms with Crippen LogP contribution in [0.2, 0.25) is 10.0 Å². The second-order valence-corrected chi connectivity index (χ2v) is 9.21. The van der Waals surface area contributed by atoms with E-state index in [1.807, 2.05) is 50.2 Å². The number of piperazine rings is 1. The van der Waals surface area contributed by atoms with Crippen LogP contribution in [0.25, 0.3) is 0 Å². The molecular formula is C24H32Cl2N2O4. The SMILES string of the molecule is Cc1ccc(OC[C@@H](O)CN2CCN(C[C@H](O)COc3ccc(C)cc3Cl)CC2)c(Cl)c1. The van der Waals surface area contributed by atoms with Gasteiger partial charge in [-0.2, -0.15) is 0 Å². The normalized spacial score (nSPS) is 17.2. The Morgan fingerprint density at radius 2 is 1.12 bits per heavy atom. The third-order valence-corrected chi connectivity index (χ3v) is 6.03. The summed E-state index contributed by atoms with van der Waals surface area (Å²) < 4.78 is 11.3. The maximum atomic E-state index is 10.3. The first-order valence-electron chi connectivity index (χ1n) is 10.9. The molecule has 0 spiro atoms. The number of ether oxygens (including phenoxy) is 2. The Morgan fingerprint density at radius 3 is 1.47 bits per heavy atom. The number of hydrogen-bond acceptors (Lipinski definition) is 6. The van der Waals surface area contributed by atoms with Gasteiger partial charge in [0.25, 0.3) is 0 Å². The highest BCUT2D eigenvalue weighted by Gasteiger charge is 2.21. The molecule has 0 radical (unpaired) electrons. The van der Waals surface area contributed by atoms with E-state index in [1.165, 1.54) is 0 Å². The fourth-order valence-electron chi connectivity index (χ4n) is 3.67. The van der Waals surface area contributed by atoms with Crippen molar-refractivity contribution in [2.45, 2.75) is 26.1 Å². The molecule has 1 saturated heterocycles. The molecule has 1 aliphatic heterocycles. The van der Waals surface area contributed by atoms with E-state index in [2.05, 4.69) is 9.80 Å². The summed E-state index contributed by atoms with van der Waals surface area (Å²) >= 11 is 12.4. The number of rotatable bonds is 10. The molecule has 0 unspecified atom stereocenters. The number of aliphatic hydroxyl groups excluding tert-OH is 2. The zero-order valence-corrected chi connectivity index (χ0v) is 20.1. The average Bonchev–Trinajstić information content (AvgIpc) is 2.74. The monoisotopic (exact) mass is 482 g/mol. The summed E-state index contributed by atoms with van der Waals surface area (Å²) in [6.45, 7) is 8.68. The van der Waals surface area contributed by atoms with Crippen molar-refractivity contribution in [1.29, 1.82) is 0 Å². The molecule has 8 heteroatoms. The summed E-state index contributed by atoms with van der Waals surface area (Å²) in [7, 11) is 0. The summed E-state index contributed by atoms with van der Waals surface area (Å²) in [4.78, 5) is 4.41. The summed E-state index contributed by atoms with van der Waals surface area (Å²) in [6.07, 6.45) is -1.20. The number of halogens is 2. The Bertz CT molecular complexity index is 804. The quantitative estimate of drug-likeness (QED) is 0.540. The Labute approximate surface area is 200 Å². The molecule has 1 fully saturated rings. The smallest absolute Gasteiger partial charge is 0.138 e. The summed E-state index contributed by atoms with van der Waals surface area (Å²) in [6, 6.07) is 11.2. The van der Waals surface area contributed by atoms with Crippen molar-refractivity contribution < 1.29 is 19.7 Å². The highest BCUT2D eigenvalue weighted by Crippen LogP contribution is 2.26. The zero-order valence-electron chi connectivity index (χ0n) is 18.6. The number of hydrogen-bond donors (Lipinski definition) is 2. The summed E-state index contributed by atoms with van der Waals surface area (Å²) in [5.41, 5.74) is 2.13. The van der Waals surface area contributed by atoms with Gasteiger partial charge in [-0.1, -0.05) is 35.3 Å². The summed E-state index contributed by atoms with van der Waals surface area (Å²) in [5, 5.41) is 21.8. The molecule has 2 aromatic rings. The second-order valence-electron chi connectivity index (χ2n) is 8.40. The Hall–Kier alpha value is -1.54. The third-order valence-electron chi connectivity index (χ3n) is 5.44. The molecule has 0 bridgehead atoms. The van der Waals surface area contributed by atoms with Gasteiger partial charge in [-0.05, 0) is 49.2 Å². The molecule has 0 saturated carbocycles. The van der Waals surface area contributed by atoms with Crippen molar-refractivity contribution in [1.82, 2.24) is 9.80 Å². The minimum absolute atomic E-state index is 0.195. The first-order valence-corrected chi connectivity index (χ1v) is 11.6. The Balaban J connectivity index is 1.33. The number of aryl methyl sites for hydroxylation is 2. The Morgan fingerprint density at radius 1 is 0.750 bits per heavy atom. The predicted octanol–water partition coefficient (Wildman–Crippen LogP) is 3.41. The van der Waals surface area contributed by atoms with Gasteiger partial charge in [0, 0.05) is 39.3 Å². The number of benzene rings is 2. The third kappa shape index (κ3) is 7.80. The molecule has 3 rings (SSSR count).